The zero-order chi connectivity index (χ0) is 14.6. The van der Waals surface area contributed by atoms with E-state index in [1.54, 1.807) is 0 Å². The van der Waals surface area contributed by atoms with Crippen molar-refractivity contribution < 1.29 is 19.1 Å². The maximum atomic E-state index is 12.2. The van der Waals surface area contributed by atoms with Crippen molar-refractivity contribution in [1.29, 1.82) is 0 Å². The van der Waals surface area contributed by atoms with Gasteiger partial charge in [0.25, 0.3) is 0 Å². The third kappa shape index (κ3) is 2.25. The van der Waals surface area contributed by atoms with Crippen LogP contribution in [0.3, 0.4) is 0 Å². The molecule has 6 heteroatoms. The van der Waals surface area contributed by atoms with Crippen molar-refractivity contribution in [2.75, 3.05) is 6.54 Å². The third-order valence-electron chi connectivity index (χ3n) is 5.31. The van der Waals surface area contributed by atoms with E-state index >= 15 is 0 Å². The van der Waals surface area contributed by atoms with Gasteiger partial charge >= 0.3 is 0 Å². The fourth-order valence-corrected chi connectivity index (χ4v) is 4.73. The Morgan fingerprint density at radius 1 is 1.14 bits per heavy atom. The number of ether oxygens (including phenoxy) is 1. The highest BCUT2D eigenvalue weighted by Crippen LogP contribution is 2.51. The molecule has 21 heavy (non-hydrogen) atoms. The summed E-state index contributed by atoms with van der Waals surface area (Å²) >= 11 is 0. The molecule has 3 heterocycles. The number of hydrogen-bond donors (Lipinski definition) is 1. The molecule has 0 radical (unpaired) electrons. The summed E-state index contributed by atoms with van der Waals surface area (Å²) in [5.41, 5.74) is -0.544. The molecular weight excluding hydrogens is 272 g/mol. The fourth-order valence-electron chi connectivity index (χ4n) is 4.73. The van der Waals surface area contributed by atoms with Crippen LogP contribution < -0.4 is 5.32 Å². The lowest BCUT2D eigenvalue weighted by molar-refractivity contribution is -0.233. The normalized spacial score (nSPS) is 41.0. The zero-order valence-corrected chi connectivity index (χ0v) is 12.0. The predicted molar refractivity (Wildman–Crippen MR) is 71.8 cm³/mol. The molecule has 2 aliphatic carbocycles. The zero-order valence-electron chi connectivity index (χ0n) is 12.0. The average Bonchev–Trinajstić information content (AvgIpc) is 2.68. The van der Waals surface area contributed by atoms with Gasteiger partial charge in [-0.25, -0.2) is 0 Å². The molecule has 3 saturated heterocycles. The lowest BCUT2D eigenvalue weighted by Crippen LogP contribution is -2.64. The highest BCUT2D eigenvalue weighted by Gasteiger charge is 2.53. The van der Waals surface area contributed by atoms with Crippen molar-refractivity contribution in [1.82, 2.24) is 10.2 Å². The number of carbonyl (C=O) groups excluding carboxylic acids is 3. The van der Waals surface area contributed by atoms with E-state index < -0.39 is 5.72 Å². The Balaban J connectivity index is 1.42. The van der Waals surface area contributed by atoms with Gasteiger partial charge in [-0.05, 0) is 43.9 Å². The molecule has 0 spiro atoms. The lowest BCUT2D eigenvalue weighted by Gasteiger charge is -2.56. The van der Waals surface area contributed by atoms with E-state index in [0.29, 0.717) is 11.8 Å². The van der Waals surface area contributed by atoms with Crippen molar-refractivity contribution in [3.05, 3.63) is 0 Å². The second kappa shape index (κ2) is 4.53. The minimum atomic E-state index is -0.544. The number of amides is 3. The Hall–Kier alpha value is -1.43. The van der Waals surface area contributed by atoms with E-state index in [2.05, 4.69) is 5.32 Å². The quantitative estimate of drug-likeness (QED) is 0.771. The molecule has 114 valence electrons. The summed E-state index contributed by atoms with van der Waals surface area (Å²) in [6, 6.07) is 0. The van der Waals surface area contributed by atoms with Crippen LogP contribution in [-0.2, 0) is 19.1 Å². The molecule has 0 aromatic rings. The van der Waals surface area contributed by atoms with Gasteiger partial charge in [0.15, 0.2) is 0 Å². The number of imide groups is 1. The van der Waals surface area contributed by atoms with Crippen LogP contribution in [0.15, 0.2) is 0 Å². The number of nitrogens with zero attached hydrogens (tertiary/aromatic N) is 1. The Bertz CT molecular complexity index is 465. The maximum absolute atomic E-state index is 12.2. The predicted octanol–water partition coefficient (Wildman–Crippen LogP) is 0.557. The molecule has 0 aromatic heterocycles. The molecule has 5 rings (SSSR count). The summed E-state index contributed by atoms with van der Waals surface area (Å²) in [6.07, 6.45) is 5.92. The van der Waals surface area contributed by atoms with E-state index in [9.17, 15) is 14.4 Å². The van der Waals surface area contributed by atoms with E-state index in [1.165, 1.54) is 6.42 Å². The number of hydrogen-bond acceptors (Lipinski definition) is 4. The summed E-state index contributed by atoms with van der Waals surface area (Å²) < 4.78 is 6.08. The monoisotopic (exact) mass is 292 g/mol. The highest BCUT2D eigenvalue weighted by atomic mass is 16.5. The first-order chi connectivity index (χ1) is 10.0. The van der Waals surface area contributed by atoms with Gasteiger partial charge in [0.2, 0.25) is 17.7 Å². The molecule has 2 saturated carbocycles. The fraction of sp³-hybridized carbons (Fsp3) is 0.800. The number of rotatable bonds is 3. The van der Waals surface area contributed by atoms with Crippen molar-refractivity contribution in [3.8, 4) is 0 Å². The van der Waals surface area contributed by atoms with Gasteiger partial charge in [0, 0.05) is 12.8 Å². The highest BCUT2D eigenvalue weighted by molar-refractivity contribution is 6.04. The van der Waals surface area contributed by atoms with Crippen molar-refractivity contribution in [2.45, 2.75) is 56.8 Å². The number of likely N-dealkylation sites (tertiary alicyclic amines) is 1. The topological polar surface area (TPSA) is 75.7 Å². The van der Waals surface area contributed by atoms with E-state index in [0.717, 1.165) is 30.6 Å². The van der Waals surface area contributed by atoms with Crippen LogP contribution >= 0.6 is 0 Å². The summed E-state index contributed by atoms with van der Waals surface area (Å²) in [6.45, 7) is -0.164. The standard InChI is InChI=1S/C15H20N2O4/c18-12(8-17-13(19)1-2-14(17)20)16-15-6-9-3-10(7-15)5-11(4-9)21-15/h9-11H,1-8H2,(H,16,18). The molecule has 2 atom stereocenters. The molecule has 0 aromatic carbocycles. The molecular formula is C15H20N2O4. The van der Waals surface area contributed by atoms with Gasteiger partial charge in [-0.1, -0.05) is 0 Å². The van der Waals surface area contributed by atoms with Crippen LogP contribution in [0.25, 0.3) is 0 Å². The Labute approximate surface area is 123 Å². The largest absolute Gasteiger partial charge is 0.353 e. The van der Waals surface area contributed by atoms with Crippen LogP contribution in [0.1, 0.15) is 44.9 Å². The Kier molecular flexibility index (Phi) is 2.86. The molecule has 3 aliphatic heterocycles. The first-order valence-corrected chi connectivity index (χ1v) is 7.85. The second-order valence-electron chi connectivity index (χ2n) is 7.00. The molecule has 1 N–H and O–H groups in total. The summed E-state index contributed by atoms with van der Waals surface area (Å²) in [5, 5.41) is 2.99. The van der Waals surface area contributed by atoms with E-state index in [4.69, 9.17) is 4.74 Å². The Morgan fingerprint density at radius 2 is 1.76 bits per heavy atom. The number of nitrogens with one attached hydrogen (secondary N) is 1. The number of carbonyl (C=O) groups is 3. The van der Waals surface area contributed by atoms with Crippen LogP contribution in [0.2, 0.25) is 0 Å². The van der Waals surface area contributed by atoms with Gasteiger partial charge in [0.05, 0.1) is 6.10 Å². The summed E-state index contributed by atoms with van der Waals surface area (Å²) in [7, 11) is 0. The molecule has 3 amide bonds. The molecule has 2 unspecified atom stereocenters. The lowest BCUT2D eigenvalue weighted by atomic mass is 9.65. The van der Waals surface area contributed by atoms with Gasteiger partial charge in [-0.2, -0.15) is 0 Å². The van der Waals surface area contributed by atoms with E-state index in [1.807, 2.05) is 0 Å². The first kappa shape index (κ1) is 13.2. The van der Waals surface area contributed by atoms with Gasteiger partial charge in [-0.15, -0.1) is 0 Å². The van der Waals surface area contributed by atoms with Crippen LogP contribution in [0, 0.1) is 11.8 Å². The summed E-state index contributed by atoms with van der Waals surface area (Å²) in [5.74, 6) is 0.516. The van der Waals surface area contributed by atoms with Crippen molar-refractivity contribution in [2.24, 2.45) is 11.8 Å². The van der Waals surface area contributed by atoms with Crippen molar-refractivity contribution in [3.63, 3.8) is 0 Å². The maximum Gasteiger partial charge on any atom is 0.242 e. The van der Waals surface area contributed by atoms with Crippen LogP contribution in [0.5, 0.6) is 0 Å². The minimum Gasteiger partial charge on any atom is -0.353 e. The molecule has 5 fully saturated rings. The van der Waals surface area contributed by atoms with Gasteiger partial charge in [-0.3, -0.25) is 19.3 Å². The Morgan fingerprint density at radius 3 is 2.33 bits per heavy atom. The summed E-state index contributed by atoms with van der Waals surface area (Å²) in [4.78, 5) is 36.5. The van der Waals surface area contributed by atoms with Crippen molar-refractivity contribution >= 4 is 17.7 Å². The SMILES string of the molecule is O=C(CN1C(=O)CCC1=O)NC12CC3CC(CC(C3)O1)C2. The van der Waals surface area contributed by atoms with Crippen LogP contribution in [0.4, 0.5) is 0 Å². The molecule has 6 nitrogen and oxygen atoms in total. The third-order valence-corrected chi connectivity index (χ3v) is 5.31. The van der Waals surface area contributed by atoms with Gasteiger partial charge < -0.3 is 10.1 Å². The minimum absolute atomic E-state index is 0.164. The smallest absolute Gasteiger partial charge is 0.242 e. The van der Waals surface area contributed by atoms with Gasteiger partial charge in [0.1, 0.15) is 12.3 Å². The second-order valence-corrected chi connectivity index (χ2v) is 7.00. The van der Waals surface area contributed by atoms with Crippen LogP contribution in [-0.4, -0.2) is 41.0 Å². The average molecular weight is 292 g/mol. The van der Waals surface area contributed by atoms with E-state index in [-0.39, 0.29) is 43.2 Å². The first-order valence-electron chi connectivity index (χ1n) is 7.85. The molecule has 4 bridgehead atoms. The molecule has 5 aliphatic rings.